The monoisotopic (exact) mass is 385 g/mol. The number of benzene rings is 2. The van der Waals surface area contributed by atoms with Crippen LogP contribution in [0, 0.1) is 0 Å². The van der Waals surface area contributed by atoms with Gasteiger partial charge >= 0.3 is 0 Å². The minimum atomic E-state index is -0.129. The van der Waals surface area contributed by atoms with E-state index in [1.807, 2.05) is 99.6 Å². The van der Waals surface area contributed by atoms with E-state index in [-0.39, 0.29) is 11.5 Å². The van der Waals surface area contributed by atoms with E-state index >= 15 is 0 Å². The third kappa shape index (κ3) is 7.26. The molecular formula is C26H43NO. The number of hydrogen-bond acceptors (Lipinski definition) is 2. The Morgan fingerprint density at radius 2 is 1.21 bits per heavy atom. The van der Waals surface area contributed by atoms with Crippen LogP contribution in [0.3, 0.4) is 0 Å². The van der Waals surface area contributed by atoms with Crippen molar-refractivity contribution < 1.29 is 5.11 Å². The molecule has 158 valence electrons. The average molecular weight is 386 g/mol. The molecule has 0 fully saturated rings. The molecule has 28 heavy (non-hydrogen) atoms. The Labute approximate surface area is 173 Å². The summed E-state index contributed by atoms with van der Waals surface area (Å²) in [5.41, 5.74) is 6.30. The predicted octanol–water partition coefficient (Wildman–Crippen LogP) is 5.09. The van der Waals surface area contributed by atoms with E-state index in [1.165, 1.54) is 0 Å². The van der Waals surface area contributed by atoms with Crippen molar-refractivity contribution in [2.24, 2.45) is 5.73 Å². The predicted molar refractivity (Wildman–Crippen MR) is 133 cm³/mol. The molecular weight excluding hydrogens is 342 g/mol. The van der Waals surface area contributed by atoms with Gasteiger partial charge in [-0.15, -0.1) is 0 Å². The molecule has 2 aromatic carbocycles. The Kier molecular flexibility index (Phi) is 19.4. The van der Waals surface area contributed by atoms with Crippen LogP contribution in [0.4, 0.5) is 0 Å². The maximum atomic E-state index is 9.65. The highest BCUT2D eigenvalue weighted by molar-refractivity contribution is 5.85. The summed E-state index contributed by atoms with van der Waals surface area (Å²) in [7, 11) is 0. The van der Waals surface area contributed by atoms with Crippen molar-refractivity contribution in [3.05, 3.63) is 57.5 Å². The van der Waals surface area contributed by atoms with Gasteiger partial charge in [0.15, 0.2) is 0 Å². The number of hydrogen-bond donors (Lipinski definition) is 2. The van der Waals surface area contributed by atoms with Crippen molar-refractivity contribution in [2.75, 3.05) is 0 Å². The zero-order valence-electron chi connectivity index (χ0n) is 19.9. The second-order valence-corrected chi connectivity index (χ2v) is 4.66. The molecule has 0 saturated carbocycles. The van der Waals surface area contributed by atoms with Gasteiger partial charge in [-0.05, 0) is 40.3 Å². The fraction of sp³-hybridized carbons (Fsp3) is 0.385. The molecule has 0 heterocycles. The number of aliphatic hydroxyl groups excluding tert-OH is 1. The van der Waals surface area contributed by atoms with Crippen LogP contribution in [0.2, 0.25) is 0 Å². The first kappa shape index (κ1) is 30.3. The normalized spacial score (nSPS) is 11.4. The Morgan fingerprint density at radius 1 is 0.821 bits per heavy atom. The molecule has 0 aliphatic rings. The number of fused-ring (bicyclic) bond motifs is 1. The molecule has 2 nitrogen and oxygen atoms in total. The van der Waals surface area contributed by atoms with Gasteiger partial charge in [-0.25, -0.2) is 0 Å². The van der Waals surface area contributed by atoms with E-state index in [4.69, 9.17) is 5.73 Å². The number of rotatable bonds is 1. The van der Waals surface area contributed by atoms with Crippen LogP contribution in [0.15, 0.2) is 36.6 Å². The van der Waals surface area contributed by atoms with Crippen LogP contribution in [-0.2, 0) is 0 Å². The van der Waals surface area contributed by atoms with Crippen molar-refractivity contribution >= 4 is 35.2 Å². The van der Waals surface area contributed by atoms with Crippen molar-refractivity contribution in [3.8, 4) is 0 Å². The van der Waals surface area contributed by atoms with E-state index in [9.17, 15) is 5.11 Å². The van der Waals surface area contributed by atoms with Gasteiger partial charge in [0.25, 0.3) is 0 Å². The molecule has 0 saturated heterocycles. The zero-order chi connectivity index (χ0) is 22.9. The topological polar surface area (TPSA) is 46.2 Å². The number of nitrogens with two attached hydrogens (primary N) is 1. The molecule has 2 aromatic rings. The molecule has 0 amide bonds. The quantitative estimate of drug-likeness (QED) is 0.671. The molecule has 0 radical (unpaired) electrons. The Bertz CT molecular complexity index is 922. The molecule has 0 aliphatic heterocycles. The first-order valence-electron chi connectivity index (χ1n) is 10.5. The summed E-state index contributed by atoms with van der Waals surface area (Å²) in [6.45, 7) is 27.6. The summed E-state index contributed by atoms with van der Waals surface area (Å²) < 4.78 is 0. The van der Waals surface area contributed by atoms with E-state index in [1.54, 1.807) is 0 Å². The van der Waals surface area contributed by atoms with Crippen molar-refractivity contribution in [3.63, 3.8) is 0 Å². The second-order valence-electron chi connectivity index (χ2n) is 4.66. The minimum Gasteiger partial charge on any atom is -0.506 e. The van der Waals surface area contributed by atoms with Crippen LogP contribution >= 0.6 is 0 Å². The summed E-state index contributed by atoms with van der Waals surface area (Å²) in [5.74, 6) is -0.129. The third-order valence-corrected chi connectivity index (χ3v) is 3.56. The van der Waals surface area contributed by atoms with E-state index in [2.05, 4.69) is 19.2 Å². The molecule has 3 N–H and O–H groups in total. The highest BCUT2D eigenvalue weighted by atomic mass is 16.3. The van der Waals surface area contributed by atoms with Crippen LogP contribution in [0.1, 0.15) is 69.2 Å². The fourth-order valence-electron chi connectivity index (χ4n) is 2.62. The standard InChI is InChI=1S/C18H19NO.4C2H6/c1-5-13-14(6-2)17(18(19)12(4)20)11(3)15-9-7-8-10-16(13)15;4*1-2/h5-10,20H,3-4,19H2,1-2H3;4*1-2H3/b13-5+,14-6+,18-17-;;;;. The highest BCUT2D eigenvalue weighted by Gasteiger charge is 2.04. The van der Waals surface area contributed by atoms with Gasteiger partial charge in [0.1, 0.15) is 5.76 Å². The largest absolute Gasteiger partial charge is 0.506 e. The minimum absolute atomic E-state index is 0.129. The van der Waals surface area contributed by atoms with Gasteiger partial charge < -0.3 is 10.8 Å². The van der Waals surface area contributed by atoms with Gasteiger partial charge in [0.05, 0.1) is 5.70 Å². The molecule has 0 unspecified atom stereocenters. The lowest BCUT2D eigenvalue weighted by Crippen LogP contribution is -2.50. The van der Waals surface area contributed by atoms with Gasteiger partial charge in [0.2, 0.25) is 0 Å². The molecule has 0 aliphatic carbocycles. The SMILES string of the molecule is C=C(O)\C(N)=c1/c(=C)c2ccccc2c(=C/C)/c1=C\C.CC.CC.CC.CC. The maximum Gasteiger partial charge on any atom is 0.131 e. The van der Waals surface area contributed by atoms with Gasteiger partial charge in [-0.1, -0.05) is 105 Å². The van der Waals surface area contributed by atoms with Crippen molar-refractivity contribution in [1.82, 2.24) is 0 Å². The zero-order valence-corrected chi connectivity index (χ0v) is 19.9. The highest BCUT2D eigenvalue weighted by Crippen LogP contribution is 2.02. The lowest BCUT2D eigenvalue weighted by Gasteiger charge is -2.06. The van der Waals surface area contributed by atoms with E-state index in [0.717, 1.165) is 31.6 Å². The molecule has 2 heteroatoms. The summed E-state index contributed by atoms with van der Waals surface area (Å²) in [6.07, 6.45) is 4.04. The van der Waals surface area contributed by atoms with Crippen LogP contribution in [-0.4, -0.2) is 5.11 Å². The summed E-state index contributed by atoms with van der Waals surface area (Å²) in [5, 5.41) is 15.4. The van der Waals surface area contributed by atoms with Gasteiger partial charge in [0, 0.05) is 5.22 Å². The maximum absolute atomic E-state index is 9.65. The summed E-state index contributed by atoms with van der Waals surface area (Å²) in [6, 6.07) is 8.06. The van der Waals surface area contributed by atoms with Crippen LogP contribution in [0.25, 0.3) is 35.2 Å². The smallest absolute Gasteiger partial charge is 0.131 e. The van der Waals surface area contributed by atoms with Crippen LogP contribution < -0.4 is 26.6 Å². The fourth-order valence-corrected chi connectivity index (χ4v) is 2.62. The van der Waals surface area contributed by atoms with Crippen molar-refractivity contribution in [2.45, 2.75) is 69.2 Å². The molecule has 2 rings (SSSR count). The van der Waals surface area contributed by atoms with Gasteiger partial charge in [-0.3, -0.25) is 0 Å². The molecule has 0 bridgehead atoms. The van der Waals surface area contributed by atoms with E-state index < -0.39 is 0 Å². The molecule has 0 aromatic heterocycles. The molecule has 0 atom stereocenters. The molecule has 0 spiro atoms. The van der Waals surface area contributed by atoms with E-state index in [0.29, 0.717) is 0 Å². The van der Waals surface area contributed by atoms with Crippen LogP contribution in [0.5, 0.6) is 0 Å². The summed E-state index contributed by atoms with van der Waals surface area (Å²) in [4.78, 5) is 0. The number of aliphatic hydroxyl groups is 1. The first-order valence-corrected chi connectivity index (χ1v) is 10.5. The Hall–Kier alpha value is -2.48. The van der Waals surface area contributed by atoms with Gasteiger partial charge in [-0.2, -0.15) is 0 Å². The lowest BCUT2D eigenvalue weighted by molar-refractivity contribution is 0.438. The Morgan fingerprint density at radius 3 is 1.57 bits per heavy atom. The average Bonchev–Trinajstić information content (AvgIpc) is 2.78. The Balaban J connectivity index is -0.000000695. The van der Waals surface area contributed by atoms with Crippen molar-refractivity contribution in [1.29, 1.82) is 0 Å². The lowest BCUT2D eigenvalue weighted by atomic mass is 10.00. The third-order valence-electron chi connectivity index (χ3n) is 3.56. The first-order chi connectivity index (χ1) is 13.5. The summed E-state index contributed by atoms with van der Waals surface area (Å²) >= 11 is 0. The second kappa shape index (κ2) is 17.9.